The van der Waals surface area contributed by atoms with Gasteiger partial charge in [0.1, 0.15) is 23.3 Å². The highest BCUT2D eigenvalue weighted by molar-refractivity contribution is 5.83. The number of benzene rings is 2. The molecular formula is C19H21F4N3O. The number of hydrogen-bond acceptors (Lipinski definition) is 3. The SMILES string of the molecule is NCCNC(=O)C(CN)(Cc1cc(F)cc(F)c1)Cc1cc(F)cc(F)c1. The van der Waals surface area contributed by atoms with Crippen LogP contribution in [-0.2, 0) is 17.6 Å². The van der Waals surface area contributed by atoms with Crippen molar-refractivity contribution in [1.82, 2.24) is 5.32 Å². The van der Waals surface area contributed by atoms with Crippen LogP contribution in [0.25, 0.3) is 0 Å². The van der Waals surface area contributed by atoms with Crippen LogP contribution in [0.5, 0.6) is 0 Å². The molecule has 0 unspecified atom stereocenters. The van der Waals surface area contributed by atoms with Crippen LogP contribution >= 0.6 is 0 Å². The van der Waals surface area contributed by atoms with Crippen molar-refractivity contribution in [2.24, 2.45) is 16.9 Å². The summed E-state index contributed by atoms with van der Waals surface area (Å²) in [6, 6.07) is 5.80. The number of nitrogens with one attached hydrogen (secondary N) is 1. The van der Waals surface area contributed by atoms with Crippen molar-refractivity contribution in [2.45, 2.75) is 12.8 Å². The van der Waals surface area contributed by atoms with Crippen molar-refractivity contribution in [2.75, 3.05) is 19.6 Å². The maximum Gasteiger partial charge on any atom is 0.228 e. The number of amides is 1. The van der Waals surface area contributed by atoms with Gasteiger partial charge in [-0.1, -0.05) is 0 Å². The van der Waals surface area contributed by atoms with Crippen LogP contribution in [0.3, 0.4) is 0 Å². The molecule has 146 valence electrons. The van der Waals surface area contributed by atoms with E-state index in [2.05, 4.69) is 5.32 Å². The molecule has 0 saturated heterocycles. The summed E-state index contributed by atoms with van der Waals surface area (Å²) in [7, 11) is 0. The van der Waals surface area contributed by atoms with E-state index in [0.29, 0.717) is 12.1 Å². The van der Waals surface area contributed by atoms with Crippen LogP contribution in [0.4, 0.5) is 17.6 Å². The minimum Gasteiger partial charge on any atom is -0.354 e. The van der Waals surface area contributed by atoms with Crippen molar-refractivity contribution >= 4 is 5.91 Å². The van der Waals surface area contributed by atoms with Crippen LogP contribution in [0.2, 0.25) is 0 Å². The molecule has 5 N–H and O–H groups in total. The molecule has 8 heteroatoms. The maximum absolute atomic E-state index is 13.6. The smallest absolute Gasteiger partial charge is 0.228 e. The third-order valence-corrected chi connectivity index (χ3v) is 4.23. The molecule has 2 aromatic carbocycles. The summed E-state index contributed by atoms with van der Waals surface area (Å²) in [5.41, 5.74) is 10.3. The summed E-state index contributed by atoms with van der Waals surface area (Å²) in [6.07, 6.45) is -0.237. The molecule has 0 atom stereocenters. The Morgan fingerprint density at radius 3 is 1.56 bits per heavy atom. The van der Waals surface area contributed by atoms with Gasteiger partial charge in [0, 0.05) is 31.8 Å². The van der Waals surface area contributed by atoms with Gasteiger partial charge in [-0.3, -0.25) is 4.79 Å². The summed E-state index contributed by atoms with van der Waals surface area (Å²) in [4.78, 5) is 12.8. The van der Waals surface area contributed by atoms with Crippen LogP contribution in [0, 0.1) is 28.7 Å². The number of carbonyl (C=O) groups is 1. The van der Waals surface area contributed by atoms with Crippen molar-refractivity contribution in [3.63, 3.8) is 0 Å². The number of hydrogen-bond donors (Lipinski definition) is 3. The van der Waals surface area contributed by atoms with E-state index in [-0.39, 0.29) is 43.6 Å². The molecule has 1 amide bonds. The van der Waals surface area contributed by atoms with Crippen LogP contribution < -0.4 is 16.8 Å². The van der Waals surface area contributed by atoms with Gasteiger partial charge < -0.3 is 16.8 Å². The van der Waals surface area contributed by atoms with Crippen molar-refractivity contribution in [1.29, 1.82) is 0 Å². The van der Waals surface area contributed by atoms with E-state index in [1.165, 1.54) is 0 Å². The predicted octanol–water partition coefficient (Wildman–Crippen LogP) is 2.05. The third kappa shape index (κ3) is 5.51. The molecule has 0 radical (unpaired) electrons. The number of nitrogens with two attached hydrogens (primary N) is 2. The van der Waals surface area contributed by atoms with Gasteiger partial charge in [-0.25, -0.2) is 17.6 Å². The molecule has 0 aliphatic heterocycles. The number of rotatable bonds is 8. The fraction of sp³-hybridized carbons (Fsp3) is 0.316. The maximum atomic E-state index is 13.6. The molecule has 0 aliphatic rings. The Hall–Kier alpha value is -2.45. The van der Waals surface area contributed by atoms with Gasteiger partial charge in [0.2, 0.25) is 5.91 Å². The Balaban J connectivity index is 2.43. The van der Waals surface area contributed by atoms with Crippen molar-refractivity contribution < 1.29 is 22.4 Å². The first-order chi connectivity index (χ1) is 12.8. The Labute approximate surface area is 154 Å². The lowest BCUT2D eigenvalue weighted by molar-refractivity contribution is -0.130. The second-order valence-corrected chi connectivity index (χ2v) is 6.44. The molecule has 0 saturated carbocycles. The zero-order valence-corrected chi connectivity index (χ0v) is 14.6. The predicted molar refractivity (Wildman–Crippen MR) is 93.7 cm³/mol. The third-order valence-electron chi connectivity index (χ3n) is 4.23. The second kappa shape index (κ2) is 8.96. The molecule has 0 aromatic heterocycles. The van der Waals surface area contributed by atoms with Gasteiger partial charge in [-0.05, 0) is 48.2 Å². The highest BCUT2D eigenvalue weighted by Gasteiger charge is 2.37. The lowest BCUT2D eigenvalue weighted by Gasteiger charge is -2.32. The summed E-state index contributed by atoms with van der Waals surface area (Å²) >= 11 is 0. The van der Waals surface area contributed by atoms with Crippen LogP contribution in [-0.4, -0.2) is 25.5 Å². The summed E-state index contributed by atoms with van der Waals surface area (Å²) in [6.45, 7) is 0.130. The van der Waals surface area contributed by atoms with E-state index in [1.807, 2.05) is 0 Å². The average Bonchev–Trinajstić information content (AvgIpc) is 2.57. The van der Waals surface area contributed by atoms with Gasteiger partial charge in [0.05, 0.1) is 5.41 Å². The summed E-state index contributed by atoms with van der Waals surface area (Å²) in [5.74, 6) is -3.69. The highest BCUT2D eigenvalue weighted by Crippen LogP contribution is 2.29. The molecule has 0 fully saturated rings. The average molecular weight is 383 g/mol. The van der Waals surface area contributed by atoms with Crippen molar-refractivity contribution in [3.05, 3.63) is 70.8 Å². The van der Waals surface area contributed by atoms with E-state index < -0.39 is 34.6 Å². The normalized spacial score (nSPS) is 11.5. The Morgan fingerprint density at radius 1 is 0.815 bits per heavy atom. The molecular weight excluding hydrogens is 362 g/mol. The van der Waals surface area contributed by atoms with E-state index in [4.69, 9.17) is 11.5 Å². The van der Waals surface area contributed by atoms with Gasteiger partial charge in [-0.2, -0.15) is 0 Å². The van der Waals surface area contributed by atoms with Gasteiger partial charge in [-0.15, -0.1) is 0 Å². The molecule has 0 aliphatic carbocycles. The first kappa shape index (κ1) is 20.9. The van der Waals surface area contributed by atoms with Crippen molar-refractivity contribution in [3.8, 4) is 0 Å². The first-order valence-corrected chi connectivity index (χ1v) is 8.36. The van der Waals surface area contributed by atoms with Gasteiger partial charge in [0.25, 0.3) is 0 Å². The number of halogens is 4. The molecule has 4 nitrogen and oxygen atoms in total. The largest absolute Gasteiger partial charge is 0.354 e. The molecule has 0 bridgehead atoms. The second-order valence-electron chi connectivity index (χ2n) is 6.44. The lowest BCUT2D eigenvalue weighted by Crippen LogP contribution is -2.50. The lowest BCUT2D eigenvalue weighted by atomic mass is 9.75. The Kier molecular flexibility index (Phi) is 6.92. The van der Waals surface area contributed by atoms with Gasteiger partial charge in [0.15, 0.2) is 0 Å². The Morgan fingerprint density at radius 2 is 1.22 bits per heavy atom. The topological polar surface area (TPSA) is 81.1 Å². The summed E-state index contributed by atoms with van der Waals surface area (Å²) in [5, 5.41) is 2.60. The van der Waals surface area contributed by atoms with Crippen LogP contribution in [0.15, 0.2) is 36.4 Å². The fourth-order valence-corrected chi connectivity index (χ4v) is 3.04. The molecule has 2 aromatic rings. The molecule has 0 heterocycles. The van der Waals surface area contributed by atoms with E-state index >= 15 is 0 Å². The van der Waals surface area contributed by atoms with E-state index in [9.17, 15) is 22.4 Å². The zero-order valence-electron chi connectivity index (χ0n) is 14.6. The fourth-order valence-electron chi connectivity index (χ4n) is 3.04. The standard InChI is InChI=1S/C19H21F4N3O/c20-14-3-12(4-15(21)7-14)9-19(11-25,18(27)26-2-1-24)10-13-5-16(22)8-17(23)6-13/h3-8H,1-2,9-11,24-25H2,(H,26,27). The highest BCUT2D eigenvalue weighted by atomic mass is 19.1. The quantitative estimate of drug-likeness (QED) is 0.611. The molecule has 27 heavy (non-hydrogen) atoms. The van der Waals surface area contributed by atoms with E-state index in [1.54, 1.807) is 0 Å². The molecule has 0 spiro atoms. The van der Waals surface area contributed by atoms with Crippen LogP contribution in [0.1, 0.15) is 11.1 Å². The molecule has 2 rings (SSSR count). The van der Waals surface area contributed by atoms with Gasteiger partial charge >= 0.3 is 0 Å². The summed E-state index contributed by atoms with van der Waals surface area (Å²) < 4.78 is 54.2. The van der Waals surface area contributed by atoms with E-state index in [0.717, 1.165) is 24.3 Å². The monoisotopic (exact) mass is 383 g/mol. The number of carbonyl (C=O) groups excluding carboxylic acids is 1. The Bertz CT molecular complexity index is 720. The zero-order chi connectivity index (χ0) is 20.0. The minimum absolute atomic E-state index is 0.118. The minimum atomic E-state index is -1.37. The first-order valence-electron chi connectivity index (χ1n) is 8.36.